The van der Waals surface area contributed by atoms with E-state index in [9.17, 15) is 4.79 Å². The molecule has 5 nitrogen and oxygen atoms in total. The van der Waals surface area contributed by atoms with Gasteiger partial charge in [-0.3, -0.25) is 9.69 Å². The second-order valence-electron chi connectivity index (χ2n) is 6.79. The first-order valence-electron chi connectivity index (χ1n) is 9.15. The zero-order chi connectivity index (χ0) is 17.9. The van der Waals surface area contributed by atoms with Crippen molar-refractivity contribution >= 4 is 27.8 Å². The predicted molar refractivity (Wildman–Crippen MR) is 102 cm³/mol. The Morgan fingerprint density at radius 3 is 2.15 bits per heavy atom. The second kappa shape index (κ2) is 7.48. The Balaban J connectivity index is 1.68. The fraction of sp³-hybridized carbons (Fsp3) is 0.381. The minimum atomic E-state index is -0.232. The normalized spacial score (nSPS) is 16.8. The van der Waals surface area contributed by atoms with E-state index in [4.69, 9.17) is 9.47 Å². The van der Waals surface area contributed by atoms with Crippen molar-refractivity contribution < 1.29 is 14.3 Å². The van der Waals surface area contributed by atoms with Crippen LogP contribution in [0.5, 0.6) is 0 Å². The van der Waals surface area contributed by atoms with E-state index < -0.39 is 0 Å². The van der Waals surface area contributed by atoms with Gasteiger partial charge in [0.2, 0.25) is 0 Å². The standard InChI is InChI=1S/C21H24N2O3/c1-16(24)26-17(14-22-10-12-25-13-11-22)15-23-20-8-4-2-6-18(20)19-7-3-5-9-21(19)23/h2-9,17H,10-15H2,1H3/t17-/m1/s1. The molecular weight excluding hydrogens is 328 g/mol. The molecule has 1 fully saturated rings. The first kappa shape index (κ1) is 17.1. The molecule has 0 spiro atoms. The van der Waals surface area contributed by atoms with Crippen molar-refractivity contribution in [2.24, 2.45) is 0 Å². The predicted octanol–water partition coefficient (Wildman–Crippen LogP) is 3.06. The molecular formula is C21H24N2O3. The van der Waals surface area contributed by atoms with Crippen LogP contribution in [0.25, 0.3) is 21.8 Å². The third-order valence-electron chi connectivity index (χ3n) is 4.96. The highest BCUT2D eigenvalue weighted by atomic mass is 16.5. The summed E-state index contributed by atoms with van der Waals surface area (Å²) in [6, 6.07) is 16.8. The number of hydrogen-bond donors (Lipinski definition) is 0. The summed E-state index contributed by atoms with van der Waals surface area (Å²) in [5.74, 6) is -0.232. The number of morpholine rings is 1. The Labute approximate surface area is 153 Å². The number of aromatic nitrogens is 1. The van der Waals surface area contributed by atoms with Gasteiger partial charge in [-0.15, -0.1) is 0 Å². The number of para-hydroxylation sites is 2. The van der Waals surface area contributed by atoms with Crippen LogP contribution < -0.4 is 0 Å². The highest BCUT2D eigenvalue weighted by molar-refractivity contribution is 6.07. The average molecular weight is 352 g/mol. The summed E-state index contributed by atoms with van der Waals surface area (Å²) in [6.07, 6.45) is -0.190. The van der Waals surface area contributed by atoms with Crippen LogP contribution in [0.4, 0.5) is 0 Å². The minimum Gasteiger partial charge on any atom is -0.459 e. The van der Waals surface area contributed by atoms with Gasteiger partial charge >= 0.3 is 5.97 Å². The SMILES string of the molecule is CC(=O)O[C@H](CN1CCOCC1)Cn1c2ccccc2c2ccccc21. The van der Waals surface area contributed by atoms with Gasteiger partial charge in [-0.25, -0.2) is 0 Å². The van der Waals surface area contributed by atoms with Crippen LogP contribution in [-0.4, -0.2) is 54.4 Å². The molecule has 0 aliphatic carbocycles. The summed E-state index contributed by atoms with van der Waals surface area (Å²) in [6.45, 7) is 6.09. The number of benzene rings is 2. The lowest BCUT2D eigenvalue weighted by Gasteiger charge is -2.30. The molecule has 1 aliphatic heterocycles. The van der Waals surface area contributed by atoms with Gasteiger partial charge in [-0.1, -0.05) is 36.4 Å². The van der Waals surface area contributed by atoms with E-state index in [2.05, 4.69) is 58.0 Å². The third-order valence-corrected chi connectivity index (χ3v) is 4.96. The van der Waals surface area contributed by atoms with Crippen LogP contribution in [0, 0.1) is 0 Å². The fourth-order valence-corrected chi connectivity index (χ4v) is 3.84. The van der Waals surface area contributed by atoms with Gasteiger partial charge < -0.3 is 14.0 Å². The molecule has 0 saturated carbocycles. The fourth-order valence-electron chi connectivity index (χ4n) is 3.84. The molecule has 2 aromatic carbocycles. The molecule has 0 unspecified atom stereocenters. The zero-order valence-electron chi connectivity index (χ0n) is 15.1. The third kappa shape index (κ3) is 3.45. The van der Waals surface area contributed by atoms with Gasteiger partial charge in [0.05, 0.1) is 19.8 Å². The first-order chi connectivity index (χ1) is 12.7. The molecule has 2 heterocycles. The largest absolute Gasteiger partial charge is 0.459 e. The summed E-state index contributed by atoms with van der Waals surface area (Å²) in [4.78, 5) is 14.0. The van der Waals surface area contributed by atoms with Crippen molar-refractivity contribution in [3.63, 3.8) is 0 Å². The zero-order valence-corrected chi connectivity index (χ0v) is 15.1. The summed E-state index contributed by atoms with van der Waals surface area (Å²) in [5.41, 5.74) is 2.35. The Kier molecular flexibility index (Phi) is 4.91. The smallest absolute Gasteiger partial charge is 0.303 e. The number of esters is 1. The molecule has 1 atom stereocenters. The van der Waals surface area contributed by atoms with E-state index in [0.717, 1.165) is 32.8 Å². The molecule has 1 aliphatic rings. The van der Waals surface area contributed by atoms with Gasteiger partial charge in [0, 0.05) is 48.4 Å². The molecule has 3 aromatic rings. The summed E-state index contributed by atoms with van der Waals surface area (Å²) < 4.78 is 13.4. The highest BCUT2D eigenvalue weighted by Gasteiger charge is 2.21. The minimum absolute atomic E-state index is 0.190. The maximum atomic E-state index is 11.7. The van der Waals surface area contributed by atoms with E-state index in [-0.39, 0.29) is 12.1 Å². The van der Waals surface area contributed by atoms with E-state index in [1.165, 1.54) is 28.7 Å². The van der Waals surface area contributed by atoms with Crippen molar-refractivity contribution in [2.45, 2.75) is 19.6 Å². The number of ether oxygens (including phenoxy) is 2. The van der Waals surface area contributed by atoms with Crippen LogP contribution in [-0.2, 0) is 20.8 Å². The number of carbonyl (C=O) groups excluding carboxylic acids is 1. The number of carbonyl (C=O) groups is 1. The maximum Gasteiger partial charge on any atom is 0.303 e. The first-order valence-corrected chi connectivity index (χ1v) is 9.15. The van der Waals surface area contributed by atoms with Crippen molar-refractivity contribution in [1.82, 2.24) is 9.47 Å². The van der Waals surface area contributed by atoms with E-state index in [1.807, 2.05) is 0 Å². The number of fused-ring (bicyclic) bond motifs is 3. The van der Waals surface area contributed by atoms with E-state index in [1.54, 1.807) is 0 Å². The number of hydrogen-bond acceptors (Lipinski definition) is 4. The average Bonchev–Trinajstić information content (AvgIpc) is 2.96. The molecule has 0 bridgehead atoms. The van der Waals surface area contributed by atoms with E-state index in [0.29, 0.717) is 6.54 Å². The van der Waals surface area contributed by atoms with Gasteiger partial charge in [-0.2, -0.15) is 0 Å². The van der Waals surface area contributed by atoms with Crippen LogP contribution in [0.3, 0.4) is 0 Å². The lowest BCUT2D eigenvalue weighted by Crippen LogP contribution is -2.43. The van der Waals surface area contributed by atoms with E-state index >= 15 is 0 Å². The van der Waals surface area contributed by atoms with Gasteiger partial charge in [0.15, 0.2) is 0 Å². The molecule has 5 heteroatoms. The number of nitrogens with zero attached hydrogens (tertiary/aromatic N) is 2. The maximum absolute atomic E-state index is 11.7. The van der Waals surface area contributed by atoms with Crippen molar-refractivity contribution in [2.75, 3.05) is 32.8 Å². The van der Waals surface area contributed by atoms with Crippen molar-refractivity contribution in [3.8, 4) is 0 Å². The Bertz CT molecular complexity index is 859. The second-order valence-corrected chi connectivity index (χ2v) is 6.79. The quantitative estimate of drug-likeness (QED) is 0.662. The van der Waals surface area contributed by atoms with Crippen LogP contribution in [0.2, 0.25) is 0 Å². The number of rotatable bonds is 5. The van der Waals surface area contributed by atoms with Crippen LogP contribution in [0.15, 0.2) is 48.5 Å². The highest BCUT2D eigenvalue weighted by Crippen LogP contribution is 2.29. The lowest BCUT2D eigenvalue weighted by molar-refractivity contribution is -0.148. The molecule has 1 aromatic heterocycles. The van der Waals surface area contributed by atoms with Crippen molar-refractivity contribution in [1.29, 1.82) is 0 Å². The summed E-state index contributed by atoms with van der Waals surface area (Å²) in [7, 11) is 0. The lowest BCUT2D eigenvalue weighted by atomic mass is 10.2. The van der Waals surface area contributed by atoms with Gasteiger partial charge in [-0.05, 0) is 12.1 Å². The molecule has 0 N–H and O–H groups in total. The monoisotopic (exact) mass is 352 g/mol. The Hall–Kier alpha value is -2.37. The molecule has 0 radical (unpaired) electrons. The topological polar surface area (TPSA) is 43.7 Å². The Morgan fingerprint density at radius 2 is 1.58 bits per heavy atom. The van der Waals surface area contributed by atoms with Crippen molar-refractivity contribution in [3.05, 3.63) is 48.5 Å². The van der Waals surface area contributed by atoms with Gasteiger partial charge in [0.1, 0.15) is 6.10 Å². The molecule has 0 amide bonds. The van der Waals surface area contributed by atoms with Crippen LogP contribution >= 0.6 is 0 Å². The van der Waals surface area contributed by atoms with Gasteiger partial charge in [0.25, 0.3) is 0 Å². The molecule has 4 rings (SSSR count). The molecule has 26 heavy (non-hydrogen) atoms. The van der Waals surface area contributed by atoms with Crippen LogP contribution in [0.1, 0.15) is 6.92 Å². The Morgan fingerprint density at radius 1 is 1.00 bits per heavy atom. The molecule has 1 saturated heterocycles. The summed E-state index contributed by atoms with van der Waals surface area (Å²) >= 11 is 0. The molecule has 136 valence electrons. The summed E-state index contributed by atoms with van der Waals surface area (Å²) in [5, 5.41) is 2.46.